The Hall–Kier alpha value is -1.57. The lowest BCUT2D eigenvalue weighted by atomic mass is 10.2. The lowest BCUT2D eigenvalue weighted by molar-refractivity contribution is -0.146. The van der Waals surface area contributed by atoms with Gasteiger partial charge < -0.3 is 10.2 Å². The highest BCUT2D eigenvalue weighted by Gasteiger charge is 2.32. The maximum Gasteiger partial charge on any atom is 0.401 e. The van der Waals surface area contributed by atoms with E-state index in [0.717, 1.165) is 23.6 Å². The maximum atomic E-state index is 12.4. The molecule has 1 saturated heterocycles. The Labute approximate surface area is 122 Å². The molecule has 0 aromatic carbocycles. The summed E-state index contributed by atoms with van der Waals surface area (Å²) in [6.07, 6.45) is -1.87. The van der Waals surface area contributed by atoms with Crippen molar-refractivity contribution in [3.05, 3.63) is 11.9 Å². The van der Waals surface area contributed by atoms with Gasteiger partial charge in [-0.3, -0.25) is 4.90 Å². The van der Waals surface area contributed by atoms with Crippen LogP contribution in [0.5, 0.6) is 0 Å². The largest absolute Gasteiger partial charge is 0.401 e. The van der Waals surface area contributed by atoms with Gasteiger partial charge in [0.25, 0.3) is 0 Å². The van der Waals surface area contributed by atoms with E-state index in [4.69, 9.17) is 0 Å². The molecule has 0 atom stereocenters. The summed E-state index contributed by atoms with van der Waals surface area (Å²) in [6.45, 7) is 3.05. The van der Waals surface area contributed by atoms with Crippen LogP contribution in [0.25, 0.3) is 0 Å². The standard InChI is InChI=1S/C13H20F3N5/c1-3-10-11(17-2)18-9-19-12(10)21-6-4-20(5-7-21)8-13(14,15)16/h9H,3-8H2,1-2H3,(H,17,18,19). The van der Waals surface area contributed by atoms with Gasteiger partial charge in [0.15, 0.2) is 0 Å². The predicted molar refractivity (Wildman–Crippen MR) is 75.7 cm³/mol. The van der Waals surface area contributed by atoms with Crippen molar-refractivity contribution < 1.29 is 13.2 Å². The van der Waals surface area contributed by atoms with Crippen molar-refractivity contribution in [1.29, 1.82) is 0 Å². The molecule has 21 heavy (non-hydrogen) atoms. The van der Waals surface area contributed by atoms with Crippen molar-refractivity contribution in [1.82, 2.24) is 14.9 Å². The number of nitrogens with one attached hydrogen (secondary N) is 1. The second-order valence-electron chi connectivity index (χ2n) is 5.01. The van der Waals surface area contributed by atoms with Crippen molar-refractivity contribution in [3.8, 4) is 0 Å². The number of anilines is 2. The van der Waals surface area contributed by atoms with Crippen LogP contribution < -0.4 is 10.2 Å². The molecule has 8 heteroatoms. The molecule has 118 valence electrons. The van der Waals surface area contributed by atoms with Crippen LogP contribution in [0.2, 0.25) is 0 Å². The van der Waals surface area contributed by atoms with Crippen LogP contribution in [0.15, 0.2) is 6.33 Å². The SMILES string of the molecule is CCc1c(NC)ncnc1N1CCN(CC(F)(F)F)CC1. The summed E-state index contributed by atoms with van der Waals surface area (Å²) in [7, 11) is 1.80. The topological polar surface area (TPSA) is 44.3 Å². The summed E-state index contributed by atoms with van der Waals surface area (Å²) in [5, 5.41) is 3.03. The first-order valence-electron chi connectivity index (χ1n) is 7.00. The highest BCUT2D eigenvalue weighted by molar-refractivity contribution is 5.58. The third kappa shape index (κ3) is 3.96. The summed E-state index contributed by atoms with van der Waals surface area (Å²) in [6, 6.07) is 0. The van der Waals surface area contributed by atoms with E-state index in [0.29, 0.717) is 26.2 Å². The minimum absolute atomic E-state index is 0.390. The van der Waals surface area contributed by atoms with E-state index in [-0.39, 0.29) is 0 Å². The third-order valence-corrected chi connectivity index (χ3v) is 3.59. The first-order chi connectivity index (χ1) is 9.94. The van der Waals surface area contributed by atoms with E-state index < -0.39 is 12.7 Å². The molecule has 2 rings (SSSR count). The van der Waals surface area contributed by atoms with Crippen molar-refractivity contribution in [3.63, 3.8) is 0 Å². The molecule has 0 unspecified atom stereocenters. The van der Waals surface area contributed by atoms with Crippen LogP contribution in [0.1, 0.15) is 12.5 Å². The number of aromatic nitrogens is 2. The summed E-state index contributed by atoms with van der Waals surface area (Å²) >= 11 is 0. The maximum absolute atomic E-state index is 12.4. The number of hydrogen-bond donors (Lipinski definition) is 1. The minimum atomic E-state index is -4.13. The van der Waals surface area contributed by atoms with Crippen molar-refractivity contribution in [2.75, 3.05) is 50.0 Å². The monoisotopic (exact) mass is 303 g/mol. The van der Waals surface area contributed by atoms with Crippen LogP contribution >= 0.6 is 0 Å². The lowest BCUT2D eigenvalue weighted by Crippen LogP contribution is -2.49. The molecule has 1 fully saturated rings. The molecule has 2 heterocycles. The molecule has 0 aliphatic carbocycles. The number of rotatable bonds is 4. The van der Waals surface area contributed by atoms with Gasteiger partial charge in [0.2, 0.25) is 0 Å². The molecular formula is C13H20F3N5. The Kier molecular flexibility index (Phi) is 4.87. The van der Waals surface area contributed by atoms with Gasteiger partial charge in [-0.15, -0.1) is 0 Å². The Morgan fingerprint density at radius 1 is 1.19 bits per heavy atom. The molecule has 0 bridgehead atoms. The number of nitrogens with zero attached hydrogens (tertiary/aromatic N) is 4. The van der Waals surface area contributed by atoms with Crippen LogP contribution in [0, 0.1) is 0 Å². The predicted octanol–water partition coefficient (Wildman–Crippen LogP) is 1.76. The van der Waals surface area contributed by atoms with E-state index in [1.807, 2.05) is 11.8 Å². The van der Waals surface area contributed by atoms with Gasteiger partial charge in [-0.1, -0.05) is 6.92 Å². The first kappa shape index (κ1) is 15.8. The summed E-state index contributed by atoms with van der Waals surface area (Å²) < 4.78 is 37.2. The summed E-state index contributed by atoms with van der Waals surface area (Å²) in [4.78, 5) is 12.0. The minimum Gasteiger partial charge on any atom is -0.373 e. The first-order valence-corrected chi connectivity index (χ1v) is 7.00. The number of halogens is 3. The lowest BCUT2D eigenvalue weighted by Gasteiger charge is -2.36. The molecule has 5 nitrogen and oxygen atoms in total. The smallest absolute Gasteiger partial charge is 0.373 e. The molecule has 1 aromatic heterocycles. The van der Waals surface area contributed by atoms with Gasteiger partial charge in [-0.2, -0.15) is 13.2 Å². The van der Waals surface area contributed by atoms with Crippen LogP contribution in [0.4, 0.5) is 24.8 Å². The highest BCUT2D eigenvalue weighted by atomic mass is 19.4. The van der Waals surface area contributed by atoms with E-state index in [1.54, 1.807) is 7.05 Å². The summed E-state index contributed by atoms with van der Waals surface area (Å²) in [5.41, 5.74) is 1.00. The fourth-order valence-electron chi connectivity index (χ4n) is 2.59. The Balaban J connectivity index is 2.06. The van der Waals surface area contributed by atoms with E-state index >= 15 is 0 Å². The molecule has 0 amide bonds. The van der Waals surface area contributed by atoms with Crippen LogP contribution in [-0.4, -0.2) is 60.8 Å². The quantitative estimate of drug-likeness (QED) is 0.918. The highest BCUT2D eigenvalue weighted by Crippen LogP contribution is 2.25. The zero-order valence-electron chi connectivity index (χ0n) is 12.2. The van der Waals surface area contributed by atoms with Crippen molar-refractivity contribution >= 4 is 11.6 Å². The molecule has 1 aliphatic rings. The van der Waals surface area contributed by atoms with E-state index in [1.165, 1.54) is 11.2 Å². The van der Waals surface area contributed by atoms with Crippen LogP contribution in [0.3, 0.4) is 0 Å². The molecule has 1 aromatic rings. The van der Waals surface area contributed by atoms with Crippen molar-refractivity contribution in [2.24, 2.45) is 0 Å². The second kappa shape index (κ2) is 6.46. The van der Waals surface area contributed by atoms with Crippen molar-refractivity contribution in [2.45, 2.75) is 19.5 Å². The van der Waals surface area contributed by atoms with E-state index in [2.05, 4.69) is 15.3 Å². The molecule has 1 N–H and O–H groups in total. The number of hydrogen-bond acceptors (Lipinski definition) is 5. The normalized spacial score (nSPS) is 17.1. The zero-order valence-corrected chi connectivity index (χ0v) is 12.2. The molecular weight excluding hydrogens is 283 g/mol. The van der Waals surface area contributed by atoms with Gasteiger partial charge in [0.05, 0.1) is 6.54 Å². The molecule has 0 saturated carbocycles. The van der Waals surface area contributed by atoms with Gasteiger partial charge in [-0.25, -0.2) is 9.97 Å². The molecule has 0 spiro atoms. The van der Waals surface area contributed by atoms with Gasteiger partial charge in [-0.05, 0) is 6.42 Å². The fraction of sp³-hybridized carbons (Fsp3) is 0.692. The van der Waals surface area contributed by atoms with Gasteiger partial charge >= 0.3 is 6.18 Å². The average Bonchev–Trinajstić information content (AvgIpc) is 2.45. The second-order valence-corrected chi connectivity index (χ2v) is 5.01. The molecule has 1 aliphatic heterocycles. The number of alkyl halides is 3. The fourth-order valence-corrected chi connectivity index (χ4v) is 2.59. The Morgan fingerprint density at radius 3 is 2.38 bits per heavy atom. The summed E-state index contributed by atoms with van der Waals surface area (Å²) in [5.74, 6) is 1.60. The van der Waals surface area contributed by atoms with E-state index in [9.17, 15) is 13.2 Å². The average molecular weight is 303 g/mol. The Morgan fingerprint density at radius 2 is 1.86 bits per heavy atom. The van der Waals surface area contributed by atoms with Gasteiger partial charge in [0.1, 0.15) is 18.0 Å². The van der Waals surface area contributed by atoms with Gasteiger partial charge in [0, 0.05) is 38.8 Å². The van der Waals surface area contributed by atoms with Crippen LogP contribution in [-0.2, 0) is 6.42 Å². The third-order valence-electron chi connectivity index (χ3n) is 3.59. The Bertz CT molecular complexity index is 469. The zero-order chi connectivity index (χ0) is 15.5. The number of piperazine rings is 1. The molecule has 0 radical (unpaired) electrons.